The number of pyridine rings is 1. The van der Waals surface area contributed by atoms with Crippen LogP contribution in [0.25, 0.3) is 5.82 Å². The fourth-order valence-corrected chi connectivity index (χ4v) is 2.38. The van der Waals surface area contributed by atoms with Crippen LogP contribution in [-0.4, -0.2) is 25.2 Å². The summed E-state index contributed by atoms with van der Waals surface area (Å²) < 4.78 is 1.60. The van der Waals surface area contributed by atoms with Crippen LogP contribution in [0.15, 0.2) is 18.6 Å². The molecule has 0 fully saturated rings. The number of aryl methyl sites for hydroxylation is 1. The molecular weight excluding hydrogens is 202 g/mol. The summed E-state index contributed by atoms with van der Waals surface area (Å²) in [4.78, 5) is 4.41. The smallest absolute Gasteiger partial charge is 0.157 e. The summed E-state index contributed by atoms with van der Waals surface area (Å²) in [7, 11) is 0. The van der Waals surface area contributed by atoms with Crippen molar-refractivity contribution in [1.82, 2.24) is 25.2 Å². The van der Waals surface area contributed by atoms with Gasteiger partial charge < -0.3 is 0 Å². The van der Waals surface area contributed by atoms with Crippen LogP contribution in [0.3, 0.4) is 0 Å². The van der Waals surface area contributed by atoms with E-state index in [0.717, 1.165) is 12.2 Å². The maximum atomic E-state index is 4.41. The molecule has 0 saturated carbocycles. The number of tetrazole rings is 1. The summed E-state index contributed by atoms with van der Waals surface area (Å²) in [5.74, 6) is 1.49. The van der Waals surface area contributed by atoms with Gasteiger partial charge in [-0.3, -0.25) is 0 Å². The lowest BCUT2D eigenvalue weighted by Crippen LogP contribution is -2.01. The molecular formula is C11H13N5. The first-order valence-electron chi connectivity index (χ1n) is 5.60. The average Bonchev–Trinajstić information content (AvgIpc) is 2.97. The number of hydrogen-bond donors (Lipinski definition) is 0. The van der Waals surface area contributed by atoms with E-state index in [-0.39, 0.29) is 0 Å². The summed E-state index contributed by atoms with van der Waals surface area (Å²) in [6, 6.07) is 2.10. The van der Waals surface area contributed by atoms with Gasteiger partial charge in [-0.2, -0.15) is 4.68 Å². The first-order chi connectivity index (χ1) is 7.88. The van der Waals surface area contributed by atoms with Crippen molar-refractivity contribution in [3.8, 4) is 5.82 Å². The van der Waals surface area contributed by atoms with Crippen molar-refractivity contribution in [2.75, 3.05) is 0 Å². The lowest BCUT2D eigenvalue weighted by Gasteiger charge is -2.07. The Morgan fingerprint density at radius 2 is 2.44 bits per heavy atom. The Morgan fingerprint density at radius 1 is 1.50 bits per heavy atom. The first-order valence-corrected chi connectivity index (χ1v) is 5.60. The number of hydrogen-bond acceptors (Lipinski definition) is 4. The topological polar surface area (TPSA) is 56.5 Å². The van der Waals surface area contributed by atoms with Crippen LogP contribution in [-0.2, 0) is 6.42 Å². The van der Waals surface area contributed by atoms with Gasteiger partial charge in [0.05, 0.1) is 0 Å². The maximum absolute atomic E-state index is 4.41. The number of fused-ring (bicyclic) bond motifs is 1. The number of nitrogens with zero attached hydrogens (tertiary/aromatic N) is 5. The molecule has 0 N–H and O–H groups in total. The minimum atomic E-state index is 0.686. The Bertz CT molecular complexity index is 491. The molecule has 2 aromatic rings. The van der Waals surface area contributed by atoms with Gasteiger partial charge >= 0.3 is 0 Å². The predicted molar refractivity (Wildman–Crippen MR) is 58.3 cm³/mol. The van der Waals surface area contributed by atoms with Gasteiger partial charge in [0, 0.05) is 6.20 Å². The van der Waals surface area contributed by atoms with Gasteiger partial charge in [0.1, 0.15) is 6.33 Å². The zero-order valence-corrected chi connectivity index (χ0v) is 9.17. The van der Waals surface area contributed by atoms with Crippen LogP contribution in [0.4, 0.5) is 0 Å². The molecule has 2 aromatic heterocycles. The molecule has 3 rings (SSSR count). The van der Waals surface area contributed by atoms with Crippen molar-refractivity contribution in [2.45, 2.75) is 32.1 Å². The second kappa shape index (κ2) is 3.66. The zero-order chi connectivity index (χ0) is 11.0. The lowest BCUT2D eigenvalue weighted by atomic mass is 10.0. The van der Waals surface area contributed by atoms with Gasteiger partial charge in [-0.25, -0.2) is 4.98 Å². The highest BCUT2D eigenvalue weighted by Crippen LogP contribution is 2.35. The average molecular weight is 215 g/mol. The summed E-state index contributed by atoms with van der Waals surface area (Å²) in [5, 5.41) is 11.1. The van der Waals surface area contributed by atoms with E-state index in [0.29, 0.717) is 5.92 Å². The third kappa shape index (κ3) is 1.39. The zero-order valence-electron chi connectivity index (χ0n) is 9.17. The Labute approximate surface area is 93.5 Å². The Balaban J connectivity index is 2.01. The Morgan fingerprint density at radius 3 is 3.19 bits per heavy atom. The second-order valence-electron chi connectivity index (χ2n) is 4.14. The molecule has 1 aliphatic carbocycles. The molecule has 0 radical (unpaired) electrons. The minimum absolute atomic E-state index is 0.686. The largest absolute Gasteiger partial charge is 0.237 e. The van der Waals surface area contributed by atoms with Crippen molar-refractivity contribution in [3.05, 3.63) is 29.7 Å². The number of aromatic nitrogens is 5. The molecule has 0 saturated heterocycles. The van der Waals surface area contributed by atoms with E-state index in [1.165, 1.54) is 24.0 Å². The lowest BCUT2D eigenvalue weighted by molar-refractivity contribution is 0.654. The van der Waals surface area contributed by atoms with Gasteiger partial charge in [-0.15, -0.1) is 5.10 Å². The van der Waals surface area contributed by atoms with Crippen molar-refractivity contribution >= 4 is 0 Å². The molecule has 0 spiro atoms. The molecule has 0 aliphatic heterocycles. The van der Waals surface area contributed by atoms with E-state index in [4.69, 9.17) is 0 Å². The summed E-state index contributed by atoms with van der Waals surface area (Å²) in [6.45, 7) is 2.23. The maximum Gasteiger partial charge on any atom is 0.157 e. The molecule has 0 aromatic carbocycles. The van der Waals surface area contributed by atoms with E-state index < -0.39 is 0 Å². The van der Waals surface area contributed by atoms with Crippen molar-refractivity contribution in [1.29, 1.82) is 0 Å². The molecule has 5 nitrogen and oxygen atoms in total. The quantitative estimate of drug-likeness (QED) is 0.761. The van der Waals surface area contributed by atoms with Gasteiger partial charge in [0.25, 0.3) is 0 Å². The first kappa shape index (κ1) is 9.45. The van der Waals surface area contributed by atoms with E-state index >= 15 is 0 Å². The van der Waals surface area contributed by atoms with Crippen LogP contribution in [0, 0.1) is 0 Å². The van der Waals surface area contributed by atoms with E-state index in [2.05, 4.69) is 33.5 Å². The monoisotopic (exact) mass is 215 g/mol. The highest BCUT2D eigenvalue weighted by atomic mass is 15.5. The van der Waals surface area contributed by atoms with Gasteiger partial charge in [0.15, 0.2) is 5.82 Å². The summed E-state index contributed by atoms with van der Waals surface area (Å²) >= 11 is 0. The van der Waals surface area contributed by atoms with Gasteiger partial charge in [0.2, 0.25) is 0 Å². The highest BCUT2D eigenvalue weighted by Gasteiger charge is 2.21. The Kier molecular flexibility index (Phi) is 2.16. The molecule has 5 heteroatoms. The van der Waals surface area contributed by atoms with Gasteiger partial charge in [-0.05, 0) is 52.8 Å². The third-order valence-corrected chi connectivity index (χ3v) is 3.29. The van der Waals surface area contributed by atoms with Crippen LogP contribution in [0.2, 0.25) is 0 Å². The second-order valence-corrected chi connectivity index (χ2v) is 4.14. The SMILES string of the molecule is CCC1CCc2cc(-n3cnnn3)ncc21. The van der Waals surface area contributed by atoms with Crippen molar-refractivity contribution in [3.63, 3.8) is 0 Å². The molecule has 1 atom stereocenters. The van der Waals surface area contributed by atoms with Gasteiger partial charge in [-0.1, -0.05) is 6.92 Å². The Hall–Kier alpha value is -1.78. The molecule has 16 heavy (non-hydrogen) atoms. The van der Waals surface area contributed by atoms with Crippen LogP contribution in [0.5, 0.6) is 0 Å². The predicted octanol–water partition coefficient (Wildman–Crippen LogP) is 1.50. The van der Waals surface area contributed by atoms with E-state index in [1.54, 1.807) is 11.0 Å². The van der Waals surface area contributed by atoms with Crippen LogP contribution in [0.1, 0.15) is 36.8 Å². The van der Waals surface area contributed by atoms with Crippen LogP contribution >= 0.6 is 0 Å². The molecule has 1 unspecified atom stereocenters. The minimum Gasteiger partial charge on any atom is -0.237 e. The number of rotatable bonds is 2. The van der Waals surface area contributed by atoms with Crippen LogP contribution < -0.4 is 0 Å². The molecule has 0 amide bonds. The van der Waals surface area contributed by atoms with Crippen molar-refractivity contribution in [2.24, 2.45) is 0 Å². The van der Waals surface area contributed by atoms with E-state index in [1.807, 2.05) is 6.20 Å². The molecule has 82 valence electrons. The molecule has 2 heterocycles. The fourth-order valence-electron chi connectivity index (χ4n) is 2.38. The summed E-state index contributed by atoms with van der Waals surface area (Å²) in [6.07, 6.45) is 7.13. The molecule has 1 aliphatic rings. The fraction of sp³-hybridized carbons (Fsp3) is 0.455. The highest BCUT2D eigenvalue weighted by molar-refractivity contribution is 5.38. The third-order valence-electron chi connectivity index (χ3n) is 3.29. The normalized spacial score (nSPS) is 18.7. The van der Waals surface area contributed by atoms with E-state index in [9.17, 15) is 0 Å². The standard InChI is InChI=1S/C11H13N5/c1-2-8-3-4-9-5-11(12-6-10(8)9)16-7-13-14-15-16/h5-8H,2-4H2,1H3. The summed E-state index contributed by atoms with van der Waals surface area (Å²) in [5.41, 5.74) is 2.80. The molecule has 0 bridgehead atoms. The van der Waals surface area contributed by atoms with Crippen molar-refractivity contribution < 1.29 is 0 Å².